The van der Waals surface area contributed by atoms with Crippen LogP contribution >= 0.6 is 0 Å². The lowest BCUT2D eigenvalue weighted by Crippen LogP contribution is -2.08. The van der Waals surface area contributed by atoms with Crippen LogP contribution in [0.5, 0.6) is 11.5 Å². The second-order valence-corrected chi connectivity index (χ2v) is 8.57. The van der Waals surface area contributed by atoms with Crippen LogP contribution in [0.1, 0.15) is 71.7 Å². The fraction of sp³-hybridized carbons (Fsp3) is 0.267. The van der Waals surface area contributed by atoms with Crippen molar-refractivity contribution in [3.05, 3.63) is 106 Å². The fourth-order valence-corrected chi connectivity index (χ4v) is 3.67. The van der Waals surface area contributed by atoms with Gasteiger partial charge in [0.2, 0.25) is 0 Å². The highest BCUT2D eigenvalue weighted by Gasteiger charge is 2.12. The van der Waals surface area contributed by atoms with Crippen LogP contribution in [0, 0.1) is 10.1 Å². The predicted octanol–water partition coefficient (Wildman–Crippen LogP) is 7.45. The Balaban J connectivity index is 1.49. The van der Waals surface area contributed by atoms with Crippen LogP contribution in [0.4, 0.5) is 5.69 Å². The number of esters is 1. The number of para-hydroxylation sites is 1. The minimum atomic E-state index is -0.516. The van der Waals surface area contributed by atoms with Crippen molar-refractivity contribution in [3.8, 4) is 11.5 Å². The first-order valence-electron chi connectivity index (χ1n) is 12.5. The number of rotatable bonds is 14. The SMILES string of the molecule is CCCCCCCCOc1ccc(C(=O)Oc2ccc(C(=O)/C=C/c3ccccc3[N+](=O)[O-])cc2)cc1. The first kappa shape index (κ1) is 27.3. The summed E-state index contributed by atoms with van der Waals surface area (Å²) in [6.07, 6.45) is 9.86. The van der Waals surface area contributed by atoms with E-state index in [1.54, 1.807) is 42.5 Å². The Labute approximate surface area is 216 Å². The Morgan fingerprint density at radius 1 is 0.811 bits per heavy atom. The fourth-order valence-electron chi connectivity index (χ4n) is 3.67. The van der Waals surface area contributed by atoms with E-state index >= 15 is 0 Å². The van der Waals surface area contributed by atoms with Crippen LogP contribution in [-0.2, 0) is 0 Å². The van der Waals surface area contributed by atoms with Crippen LogP contribution < -0.4 is 9.47 Å². The third kappa shape index (κ3) is 8.72. The summed E-state index contributed by atoms with van der Waals surface area (Å²) in [5, 5.41) is 11.1. The molecule has 0 bridgehead atoms. The summed E-state index contributed by atoms with van der Waals surface area (Å²) in [6.45, 7) is 2.85. The van der Waals surface area contributed by atoms with E-state index in [-0.39, 0.29) is 11.5 Å². The lowest BCUT2D eigenvalue weighted by molar-refractivity contribution is -0.385. The van der Waals surface area contributed by atoms with Crippen molar-refractivity contribution in [1.82, 2.24) is 0 Å². The van der Waals surface area contributed by atoms with Crippen molar-refractivity contribution in [3.63, 3.8) is 0 Å². The molecule has 0 amide bonds. The van der Waals surface area contributed by atoms with Gasteiger partial charge in [0, 0.05) is 11.6 Å². The number of hydrogen-bond donors (Lipinski definition) is 0. The van der Waals surface area contributed by atoms with Crippen molar-refractivity contribution in [2.24, 2.45) is 0 Å². The molecule has 0 spiro atoms. The highest BCUT2D eigenvalue weighted by Crippen LogP contribution is 2.21. The molecule has 0 aromatic heterocycles. The minimum absolute atomic E-state index is 0.0776. The zero-order valence-corrected chi connectivity index (χ0v) is 20.9. The molecular formula is C30H31NO6. The van der Waals surface area contributed by atoms with Crippen LogP contribution in [0.3, 0.4) is 0 Å². The summed E-state index contributed by atoms with van der Waals surface area (Å²) in [6, 6.07) is 19.1. The number of carbonyl (C=O) groups is 2. The Morgan fingerprint density at radius 3 is 2.14 bits per heavy atom. The van der Waals surface area contributed by atoms with Crippen molar-refractivity contribution in [1.29, 1.82) is 0 Å². The third-order valence-electron chi connectivity index (χ3n) is 5.75. The molecule has 3 aromatic carbocycles. The molecule has 0 N–H and O–H groups in total. The van der Waals surface area contributed by atoms with Gasteiger partial charge in [0.05, 0.1) is 22.7 Å². The number of ether oxygens (including phenoxy) is 2. The summed E-state index contributed by atoms with van der Waals surface area (Å²) in [7, 11) is 0. The molecule has 7 heteroatoms. The number of nitrogens with zero attached hydrogens (tertiary/aromatic N) is 1. The molecule has 3 aromatic rings. The molecule has 0 aliphatic carbocycles. The predicted molar refractivity (Wildman–Crippen MR) is 143 cm³/mol. The van der Waals surface area contributed by atoms with Gasteiger partial charge >= 0.3 is 5.97 Å². The molecule has 0 fully saturated rings. The lowest BCUT2D eigenvalue weighted by Gasteiger charge is -2.08. The number of benzene rings is 3. The molecule has 0 aliphatic rings. The van der Waals surface area contributed by atoms with Crippen molar-refractivity contribution in [2.75, 3.05) is 6.61 Å². The Kier molecular flexibility index (Phi) is 10.6. The summed E-state index contributed by atoms with van der Waals surface area (Å²) < 4.78 is 11.2. The lowest BCUT2D eigenvalue weighted by atomic mass is 10.1. The maximum atomic E-state index is 12.5. The van der Waals surface area contributed by atoms with E-state index in [2.05, 4.69) is 6.92 Å². The molecule has 37 heavy (non-hydrogen) atoms. The van der Waals surface area contributed by atoms with Gasteiger partial charge < -0.3 is 9.47 Å². The Hall–Kier alpha value is -4.26. The average molecular weight is 502 g/mol. The monoisotopic (exact) mass is 501 g/mol. The molecule has 0 saturated carbocycles. The highest BCUT2D eigenvalue weighted by molar-refractivity contribution is 6.07. The summed E-state index contributed by atoms with van der Waals surface area (Å²) in [4.78, 5) is 35.6. The van der Waals surface area contributed by atoms with Crippen LogP contribution in [0.2, 0.25) is 0 Å². The number of carbonyl (C=O) groups excluding carboxylic acids is 2. The van der Waals surface area contributed by atoms with E-state index < -0.39 is 10.9 Å². The van der Waals surface area contributed by atoms with E-state index in [1.165, 1.54) is 68.2 Å². The molecule has 7 nitrogen and oxygen atoms in total. The van der Waals surface area contributed by atoms with Gasteiger partial charge in [-0.3, -0.25) is 14.9 Å². The zero-order chi connectivity index (χ0) is 26.5. The smallest absolute Gasteiger partial charge is 0.343 e. The Morgan fingerprint density at radius 2 is 1.43 bits per heavy atom. The molecular weight excluding hydrogens is 470 g/mol. The van der Waals surface area contributed by atoms with Gasteiger partial charge in [0.1, 0.15) is 11.5 Å². The average Bonchev–Trinajstić information content (AvgIpc) is 2.92. The number of nitro groups is 1. The molecule has 192 valence electrons. The van der Waals surface area contributed by atoms with Crippen molar-refractivity contribution >= 4 is 23.5 Å². The number of unbranched alkanes of at least 4 members (excludes halogenated alkanes) is 5. The van der Waals surface area contributed by atoms with E-state index in [1.807, 2.05) is 0 Å². The second-order valence-electron chi connectivity index (χ2n) is 8.57. The minimum Gasteiger partial charge on any atom is -0.494 e. The summed E-state index contributed by atoms with van der Waals surface area (Å²) in [5.74, 6) is 0.167. The van der Waals surface area contributed by atoms with Gasteiger partial charge in [-0.1, -0.05) is 51.2 Å². The van der Waals surface area contributed by atoms with Crippen LogP contribution in [-0.4, -0.2) is 23.3 Å². The summed E-state index contributed by atoms with van der Waals surface area (Å²) in [5.41, 5.74) is 1.01. The molecule has 0 unspecified atom stereocenters. The Bertz CT molecular complexity index is 1220. The number of hydrogen-bond acceptors (Lipinski definition) is 6. The molecule has 3 rings (SSSR count). The number of allylic oxidation sites excluding steroid dienone is 1. The van der Waals surface area contributed by atoms with E-state index in [4.69, 9.17) is 9.47 Å². The number of ketones is 1. The second kappa shape index (κ2) is 14.3. The molecule has 0 radical (unpaired) electrons. The summed E-state index contributed by atoms with van der Waals surface area (Å²) >= 11 is 0. The van der Waals surface area contributed by atoms with Crippen LogP contribution in [0.25, 0.3) is 6.08 Å². The van der Waals surface area contributed by atoms with E-state index in [9.17, 15) is 19.7 Å². The van der Waals surface area contributed by atoms with Gasteiger partial charge in [0.15, 0.2) is 5.78 Å². The van der Waals surface area contributed by atoms with E-state index in [0.29, 0.717) is 34.8 Å². The van der Waals surface area contributed by atoms with E-state index in [0.717, 1.165) is 12.8 Å². The van der Waals surface area contributed by atoms with Gasteiger partial charge in [-0.15, -0.1) is 0 Å². The normalized spacial score (nSPS) is 10.8. The largest absolute Gasteiger partial charge is 0.494 e. The standard InChI is InChI=1S/C30H31NO6/c1-2-3-4-5-6-9-22-36-26-17-14-25(15-18-26)30(33)37-27-19-12-24(13-20-27)29(32)21-16-23-10-7-8-11-28(23)31(34)35/h7-8,10-21H,2-6,9,22H2,1H3/b21-16+. The topological polar surface area (TPSA) is 95.7 Å². The van der Waals surface area contributed by atoms with Crippen molar-refractivity contribution in [2.45, 2.75) is 45.4 Å². The van der Waals surface area contributed by atoms with Gasteiger partial charge in [-0.25, -0.2) is 4.79 Å². The molecule has 0 atom stereocenters. The first-order chi connectivity index (χ1) is 18.0. The number of nitro benzene ring substituents is 1. The highest BCUT2D eigenvalue weighted by atomic mass is 16.6. The molecule has 0 aliphatic heterocycles. The molecule has 0 heterocycles. The van der Waals surface area contributed by atoms with Gasteiger partial charge in [-0.2, -0.15) is 0 Å². The van der Waals surface area contributed by atoms with Crippen LogP contribution in [0.15, 0.2) is 78.9 Å². The maximum Gasteiger partial charge on any atom is 0.343 e. The van der Waals surface area contributed by atoms with Gasteiger partial charge in [0.25, 0.3) is 5.69 Å². The molecule has 0 saturated heterocycles. The maximum absolute atomic E-state index is 12.5. The zero-order valence-electron chi connectivity index (χ0n) is 20.9. The van der Waals surface area contributed by atoms with Gasteiger partial charge in [-0.05, 0) is 73.2 Å². The quantitative estimate of drug-likeness (QED) is 0.0433. The first-order valence-corrected chi connectivity index (χ1v) is 12.5. The van der Waals surface area contributed by atoms with Crippen molar-refractivity contribution < 1.29 is 24.0 Å². The third-order valence-corrected chi connectivity index (χ3v) is 5.75.